The van der Waals surface area contributed by atoms with Crippen molar-refractivity contribution in [2.45, 2.75) is 6.54 Å². The molecule has 5 nitrogen and oxygen atoms in total. The van der Waals surface area contributed by atoms with E-state index < -0.39 is 5.97 Å². The minimum Gasteiger partial charge on any atom is -0.478 e. The summed E-state index contributed by atoms with van der Waals surface area (Å²) in [5, 5.41) is 12.4. The summed E-state index contributed by atoms with van der Waals surface area (Å²) in [6, 6.07) is 13.5. The lowest BCUT2D eigenvalue weighted by atomic mass is 9.97. The van der Waals surface area contributed by atoms with Crippen molar-refractivity contribution in [2.24, 2.45) is 5.73 Å². The number of hydrogen-bond acceptors (Lipinski definition) is 4. The maximum atomic E-state index is 11.1. The second-order valence-corrected chi connectivity index (χ2v) is 5.67. The van der Waals surface area contributed by atoms with Crippen LogP contribution >= 0.6 is 0 Å². The first-order valence-corrected chi connectivity index (χ1v) is 7.81. The highest BCUT2D eigenvalue weighted by Gasteiger charge is 2.12. The molecule has 2 aromatic carbocycles. The Kier molecular flexibility index (Phi) is 4.60. The van der Waals surface area contributed by atoms with Crippen LogP contribution in [0.1, 0.15) is 15.9 Å². The third-order valence-corrected chi connectivity index (χ3v) is 4.23. The lowest BCUT2D eigenvalue weighted by molar-refractivity contribution is 0.0697. The third kappa shape index (κ3) is 3.36. The number of nitrogens with zero attached hydrogens (tertiary/aromatic N) is 1. The molecule has 1 aliphatic heterocycles. The molecule has 4 N–H and O–H groups in total. The van der Waals surface area contributed by atoms with Gasteiger partial charge < -0.3 is 21.1 Å². The van der Waals surface area contributed by atoms with Crippen LogP contribution in [0.3, 0.4) is 0 Å². The molecule has 3 rings (SSSR count). The minimum absolute atomic E-state index is 0.270. The van der Waals surface area contributed by atoms with Gasteiger partial charge in [0.1, 0.15) is 0 Å². The number of aromatic carboxylic acids is 1. The highest BCUT2D eigenvalue weighted by atomic mass is 16.4. The molecule has 5 heteroatoms. The highest BCUT2D eigenvalue weighted by molar-refractivity contribution is 5.89. The van der Waals surface area contributed by atoms with E-state index >= 15 is 0 Å². The van der Waals surface area contributed by atoms with Crippen molar-refractivity contribution in [2.75, 3.05) is 31.1 Å². The van der Waals surface area contributed by atoms with Gasteiger partial charge in [0.25, 0.3) is 0 Å². The largest absolute Gasteiger partial charge is 0.478 e. The van der Waals surface area contributed by atoms with Gasteiger partial charge in [-0.25, -0.2) is 4.79 Å². The summed E-state index contributed by atoms with van der Waals surface area (Å²) in [7, 11) is 0. The van der Waals surface area contributed by atoms with Crippen molar-refractivity contribution < 1.29 is 9.90 Å². The number of anilines is 1. The number of piperazine rings is 1. The van der Waals surface area contributed by atoms with Crippen LogP contribution in [0.15, 0.2) is 42.5 Å². The van der Waals surface area contributed by atoms with E-state index in [4.69, 9.17) is 10.8 Å². The minimum atomic E-state index is -0.930. The molecule has 0 aromatic heterocycles. The summed E-state index contributed by atoms with van der Waals surface area (Å²) in [4.78, 5) is 13.4. The molecule has 0 unspecified atom stereocenters. The van der Waals surface area contributed by atoms with Gasteiger partial charge in [-0.1, -0.05) is 18.2 Å². The lowest BCUT2D eigenvalue weighted by Crippen LogP contribution is -2.43. The van der Waals surface area contributed by atoms with E-state index in [0.29, 0.717) is 6.54 Å². The standard InChI is InChI=1S/C18H21N3O2/c19-12-15-11-14(18(22)23)3-6-17(15)13-1-4-16(5-2-13)21-9-7-20-8-10-21/h1-6,11,20H,7-10,12,19H2,(H,22,23). The van der Waals surface area contributed by atoms with Gasteiger partial charge in [0.15, 0.2) is 0 Å². The first-order valence-electron chi connectivity index (χ1n) is 7.81. The molecule has 0 atom stereocenters. The fourth-order valence-corrected chi connectivity index (χ4v) is 2.95. The average Bonchev–Trinajstić information content (AvgIpc) is 2.62. The fraction of sp³-hybridized carbons (Fsp3) is 0.278. The van der Waals surface area contributed by atoms with Gasteiger partial charge in [0.2, 0.25) is 0 Å². The molecule has 0 saturated carbocycles. The van der Waals surface area contributed by atoms with E-state index in [9.17, 15) is 4.79 Å². The Morgan fingerprint density at radius 2 is 1.83 bits per heavy atom. The van der Waals surface area contributed by atoms with Gasteiger partial charge in [-0.2, -0.15) is 0 Å². The summed E-state index contributed by atoms with van der Waals surface area (Å²) in [5.74, 6) is -0.930. The normalized spacial score (nSPS) is 14.7. The SMILES string of the molecule is NCc1cc(C(=O)O)ccc1-c1ccc(N2CCNCC2)cc1. The third-order valence-electron chi connectivity index (χ3n) is 4.23. The number of hydrogen-bond donors (Lipinski definition) is 3. The number of nitrogens with one attached hydrogen (secondary N) is 1. The molecular weight excluding hydrogens is 290 g/mol. The van der Waals surface area contributed by atoms with Gasteiger partial charge in [-0.3, -0.25) is 0 Å². The van der Waals surface area contributed by atoms with Gasteiger partial charge in [0, 0.05) is 38.4 Å². The van der Waals surface area contributed by atoms with Gasteiger partial charge >= 0.3 is 5.97 Å². The van der Waals surface area contributed by atoms with Crippen molar-refractivity contribution in [3.8, 4) is 11.1 Å². The van der Waals surface area contributed by atoms with Crippen LogP contribution in [-0.2, 0) is 6.54 Å². The first-order chi connectivity index (χ1) is 11.2. The zero-order valence-electron chi connectivity index (χ0n) is 13.0. The fourth-order valence-electron chi connectivity index (χ4n) is 2.95. The summed E-state index contributed by atoms with van der Waals surface area (Å²) in [6.07, 6.45) is 0. The molecule has 1 heterocycles. The summed E-state index contributed by atoms with van der Waals surface area (Å²) in [6.45, 7) is 4.36. The van der Waals surface area contributed by atoms with E-state index in [1.165, 1.54) is 5.69 Å². The second kappa shape index (κ2) is 6.81. The number of nitrogens with two attached hydrogens (primary N) is 1. The van der Waals surface area contributed by atoms with Crippen LogP contribution in [0.2, 0.25) is 0 Å². The smallest absolute Gasteiger partial charge is 0.335 e. The Labute approximate surface area is 135 Å². The number of benzene rings is 2. The van der Waals surface area contributed by atoms with Crippen LogP contribution in [-0.4, -0.2) is 37.3 Å². The molecule has 23 heavy (non-hydrogen) atoms. The molecule has 120 valence electrons. The van der Waals surface area contributed by atoms with Gasteiger partial charge in [0.05, 0.1) is 5.56 Å². The number of carbonyl (C=O) groups is 1. The molecule has 2 aromatic rings. The van der Waals surface area contributed by atoms with E-state index in [1.54, 1.807) is 12.1 Å². The van der Waals surface area contributed by atoms with E-state index in [1.807, 2.05) is 6.07 Å². The Morgan fingerprint density at radius 3 is 2.43 bits per heavy atom. The van der Waals surface area contributed by atoms with Crippen molar-refractivity contribution >= 4 is 11.7 Å². The number of carboxylic acids is 1. The predicted molar refractivity (Wildman–Crippen MR) is 91.8 cm³/mol. The topological polar surface area (TPSA) is 78.6 Å². The van der Waals surface area contributed by atoms with Crippen molar-refractivity contribution in [1.82, 2.24) is 5.32 Å². The predicted octanol–water partition coefficient (Wildman–Crippen LogP) is 1.92. The highest BCUT2D eigenvalue weighted by Crippen LogP contribution is 2.27. The van der Waals surface area contributed by atoms with Crippen molar-refractivity contribution in [1.29, 1.82) is 0 Å². The average molecular weight is 311 g/mol. The Bertz CT molecular complexity index is 692. The molecule has 0 spiro atoms. The van der Waals surface area contributed by atoms with Gasteiger partial charge in [-0.15, -0.1) is 0 Å². The van der Waals surface area contributed by atoms with E-state index in [-0.39, 0.29) is 5.56 Å². The zero-order chi connectivity index (χ0) is 16.2. The molecule has 1 fully saturated rings. The van der Waals surface area contributed by atoms with Crippen LogP contribution in [0, 0.1) is 0 Å². The maximum absolute atomic E-state index is 11.1. The Hall–Kier alpha value is -2.37. The van der Waals surface area contributed by atoms with Crippen LogP contribution in [0.5, 0.6) is 0 Å². The summed E-state index contributed by atoms with van der Waals surface area (Å²) in [5.41, 5.74) is 10.2. The number of carboxylic acid groups (broad SMARTS) is 1. The second-order valence-electron chi connectivity index (χ2n) is 5.67. The van der Waals surface area contributed by atoms with Crippen LogP contribution in [0.25, 0.3) is 11.1 Å². The summed E-state index contributed by atoms with van der Waals surface area (Å²) < 4.78 is 0. The Balaban J connectivity index is 1.88. The maximum Gasteiger partial charge on any atom is 0.335 e. The van der Waals surface area contributed by atoms with E-state index in [2.05, 4.69) is 34.5 Å². The molecule has 1 saturated heterocycles. The molecular formula is C18H21N3O2. The molecule has 0 bridgehead atoms. The lowest BCUT2D eigenvalue weighted by Gasteiger charge is -2.29. The molecule has 1 aliphatic rings. The van der Waals surface area contributed by atoms with Crippen LogP contribution < -0.4 is 16.0 Å². The quantitative estimate of drug-likeness (QED) is 0.804. The summed E-state index contributed by atoms with van der Waals surface area (Å²) >= 11 is 0. The van der Waals surface area contributed by atoms with Crippen molar-refractivity contribution in [3.05, 3.63) is 53.6 Å². The molecule has 0 amide bonds. The van der Waals surface area contributed by atoms with Gasteiger partial charge in [-0.05, 0) is 41.0 Å². The number of rotatable bonds is 4. The van der Waals surface area contributed by atoms with Crippen LogP contribution in [0.4, 0.5) is 5.69 Å². The zero-order valence-corrected chi connectivity index (χ0v) is 13.0. The van der Waals surface area contributed by atoms with E-state index in [0.717, 1.165) is 42.9 Å². The Morgan fingerprint density at radius 1 is 1.13 bits per heavy atom. The molecule has 0 aliphatic carbocycles. The first kappa shape index (κ1) is 15.5. The molecule has 0 radical (unpaired) electrons. The monoisotopic (exact) mass is 311 g/mol. The van der Waals surface area contributed by atoms with Crippen molar-refractivity contribution in [3.63, 3.8) is 0 Å².